The smallest absolute Gasteiger partial charge is 0.138 e. The predicted molar refractivity (Wildman–Crippen MR) is 43.8 cm³/mol. The van der Waals surface area contributed by atoms with Crippen molar-refractivity contribution in [2.75, 3.05) is 5.73 Å². The summed E-state index contributed by atoms with van der Waals surface area (Å²) in [4.78, 5) is 3.82. The third-order valence-electron chi connectivity index (χ3n) is 1.18. The molecule has 0 bridgehead atoms. The number of aromatic nitrogens is 1. The van der Waals surface area contributed by atoms with Crippen molar-refractivity contribution < 1.29 is 0 Å². The molecule has 1 aromatic rings. The van der Waals surface area contributed by atoms with Crippen LogP contribution in [-0.2, 0) is 0 Å². The lowest BCUT2D eigenvalue weighted by atomic mass is 10.2. The van der Waals surface area contributed by atoms with E-state index in [0.717, 1.165) is 0 Å². The van der Waals surface area contributed by atoms with Crippen LogP contribution < -0.4 is 5.73 Å². The highest BCUT2D eigenvalue weighted by Crippen LogP contribution is 2.19. The summed E-state index contributed by atoms with van der Waals surface area (Å²) in [5.74, 6) is 0. The molecule has 0 amide bonds. The summed E-state index contributed by atoms with van der Waals surface area (Å²) in [6.45, 7) is 3.55. The van der Waals surface area contributed by atoms with E-state index in [9.17, 15) is 0 Å². The fraction of sp³-hybridized carbons (Fsp3) is 0. The van der Waals surface area contributed by atoms with E-state index in [4.69, 9.17) is 17.3 Å². The average Bonchev–Trinajstić information content (AvgIpc) is 1.88. The van der Waals surface area contributed by atoms with E-state index in [1.807, 2.05) is 0 Å². The summed E-state index contributed by atoms with van der Waals surface area (Å²) >= 11 is 5.67. The number of anilines is 1. The van der Waals surface area contributed by atoms with E-state index < -0.39 is 0 Å². The Bertz CT molecular complexity index is 238. The van der Waals surface area contributed by atoms with Crippen molar-refractivity contribution in [1.82, 2.24) is 4.98 Å². The Hall–Kier alpha value is -1.02. The fourth-order valence-corrected chi connectivity index (χ4v) is 0.906. The van der Waals surface area contributed by atoms with Crippen LogP contribution in [0.25, 0.3) is 6.08 Å². The zero-order valence-electron chi connectivity index (χ0n) is 5.34. The largest absolute Gasteiger partial charge is 0.398 e. The lowest BCUT2D eigenvalue weighted by Crippen LogP contribution is -1.90. The second-order valence-electron chi connectivity index (χ2n) is 1.81. The van der Waals surface area contributed by atoms with Gasteiger partial charge in [0.15, 0.2) is 0 Å². The van der Waals surface area contributed by atoms with Gasteiger partial charge in [-0.1, -0.05) is 24.3 Å². The molecule has 0 atom stereocenters. The van der Waals surface area contributed by atoms with Crippen molar-refractivity contribution in [2.24, 2.45) is 0 Å². The Kier molecular flexibility index (Phi) is 1.92. The summed E-state index contributed by atoms with van der Waals surface area (Å²) < 4.78 is 0. The first-order valence-electron chi connectivity index (χ1n) is 2.78. The van der Waals surface area contributed by atoms with Crippen molar-refractivity contribution >= 4 is 23.4 Å². The summed E-state index contributed by atoms with van der Waals surface area (Å²) in [7, 11) is 0. The molecular formula is C7H7ClN2. The van der Waals surface area contributed by atoms with Crippen molar-refractivity contribution in [3.05, 3.63) is 29.6 Å². The van der Waals surface area contributed by atoms with Crippen molar-refractivity contribution in [1.29, 1.82) is 0 Å². The average molecular weight is 155 g/mol. The summed E-state index contributed by atoms with van der Waals surface area (Å²) in [5.41, 5.74) is 6.84. The predicted octanol–water partition coefficient (Wildman–Crippen LogP) is 1.96. The van der Waals surface area contributed by atoms with Crippen LogP contribution in [0.2, 0.25) is 5.15 Å². The molecule has 0 unspecified atom stereocenters. The first-order chi connectivity index (χ1) is 4.75. The molecule has 0 aliphatic rings. The van der Waals surface area contributed by atoms with E-state index in [0.29, 0.717) is 16.4 Å². The number of nitrogen functional groups attached to an aromatic ring is 1. The number of rotatable bonds is 1. The minimum absolute atomic E-state index is 0.398. The minimum atomic E-state index is 0.398. The normalized spacial score (nSPS) is 9.30. The van der Waals surface area contributed by atoms with Crippen LogP contribution in [0.1, 0.15) is 5.56 Å². The first kappa shape index (κ1) is 7.09. The van der Waals surface area contributed by atoms with Gasteiger partial charge in [-0.25, -0.2) is 4.98 Å². The highest BCUT2D eigenvalue weighted by atomic mass is 35.5. The first-order valence-corrected chi connectivity index (χ1v) is 3.16. The Morgan fingerprint density at radius 3 is 2.80 bits per heavy atom. The molecule has 0 aliphatic heterocycles. The van der Waals surface area contributed by atoms with Gasteiger partial charge in [-0.2, -0.15) is 0 Å². The number of halogens is 1. The van der Waals surface area contributed by atoms with Crippen LogP contribution in [0.3, 0.4) is 0 Å². The number of pyridine rings is 1. The molecule has 0 saturated heterocycles. The van der Waals surface area contributed by atoms with Gasteiger partial charge in [-0.05, 0) is 6.07 Å². The lowest BCUT2D eigenvalue weighted by Gasteiger charge is -1.99. The van der Waals surface area contributed by atoms with Gasteiger partial charge < -0.3 is 5.73 Å². The molecule has 10 heavy (non-hydrogen) atoms. The van der Waals surface area contributed by atoms with Crippen LogP contribution in [0.15, 0.2) is 18.8 Å². The van der Waals surface area contributed by atoms with E-state index in [2.05, 4.69) is 11.6 Å². The van der Waals surface area contributed by atoms with E-state index in [1.165, 1.54) is 0 Å². The maximum Gasteiger partial charge on any atom is 0.138 e. The molecule has 1 heterocycles. The maximum absolute atomic E-state index is 5.67. The topological polar surface area (TPSA) is 38.9 Å². The second kappa shape index (κ2) is 2.71. The third-order valence-corrected chi connectivity index (χ3v) is 1.48. The maximum atomic E-state index is 5.67. The lowest BCUT2D eigenvalue weighted by molar-refractivity contribution is 1.32. The van der Waals surface area contributed by atoms with Crippen molar-refractivity contribution in [3.63, 3.8) is 0 Å². The van der Waals surface area contributed by atoms with Gasteiger partial charge in [-0.3, -0.25) is 0 Å². The number of nitrogens with zero attached hydrogens (tertiary/aromatic N) is 1. The van der Waals surface area contributed by atoms with Gasteiger partial charge in [0, 0.05) is 17.4 Å². The van der Waals surface area contributed by atoms with Crippen molar-refractivity contribution in [2.45, 2.75) is 0 Å². The highest BCUT2D eigenvalue weighted by Gasteiger charge is 1.98. The quantitative estimate of drug-likeness (QED) is 0.628. The van der Waals surface area contributed by atoms with Crippen LogP contribution in [0.4, 0.5) is 5.69 Å². The molecule has 2 nitrogen and oxygen atoms in total. The third kappa shape index (κ3) is 1.11. The molecular weight excluding hydrogens is 148 g/mol. The summed E-state index contributed by atoms with van der Waals surface area (Å²) in [5, 5.41) is 0.398. The molecule has 0 fully saturated rings. The SMILES string of the molecule is C=Cc1c(N)ccnc1Cl. The Labute approximate surface area is 64.3 Å². The number of hydrogen-bond acceptors (Lipinski definition) is 2. The van der Waals surface area contributed by atoms with Gasteiger partial charge >= 0.3 is 0 Å². The van der Waals surface area contributed by atoms with E-state index >= 15 is 0 Å². The molecule has 0 aliphatic carbocycles. The standard InChI is InChI=1S/C7H7ClN2/c1-2-5-6(9)3-4-10-7(5)8/h2-4H,1H2,(H2,9,10). The molecule has 0 spiro atoms. The number of nitrogens with two attached hydrogens (primary N) is 1. The molecule has 2 N–H and O–H groups in total. The molecule has 52 valence electrons. The summed E-state index contributed by atoms with van der Waals surface area (Å²) in [6, 6.07) is 1.68. The van der Waals surface area contributed by atoms with Gasteiger partial charge in [0.25, 0.3) is 0 Å². The molecule has 3 heteroatoms. The zero-order chi connectivity index (χ0) is 7.56. The summed E-state index contributed by atoms with van der Waals surface area (Å²) in [6.07, 6.45) is 3.15. The van der Waals surface area contributed by atoms with E-state index in [1.54, 1.807) is 18.3 Å². The van der Waals surface area contributed by atoms with Crippen LogP contribution in [0.5, 0.6) is 0 Å². The monoisotopic (exact) mass is 154 g/mol. The molecule has 0 radical (unpaired) electrons. The van der Waals surface area contributed by atoms with Gasteiger partial charge in [0.2, 0.25) is 0 Å². The van der Waals surface area contributed by atoms with Gasteiger partial charge in [0.1, 0.15) is 5.15 Å². The van der Waals surface area contributed by atoms with Gasteiger partial charge in [0.05, 0.1) is 0 Å². The highest BCUT2D eigenvalue weighted by molar-refractivity contribution is 6.31. The molecule has 1 aromatic heterocycles. The number of hydrogen-bond donors (Lipinski definition) is 1. The van der Waals surface area contributed by atoms with Gasteiger partial charge in [-0.15, -0.1) is 0 Å². The fourth-order valence-electron chi connectivity index (χ4n) is 0.664. The second-order valence-corrected chi connectivity index (χ2v) is 2.17. The zero-order valence-corrected chi connectivity index (χ0v) is 6.10. The van der Waals surface area contributed by atoms with Crippen LogP contribution >= 0.6 is 11.6 Å². The Balaban J connectivity index is 3.30. The van der Waals surface area contributed by atoms with Crippen molar-refractivity contribution in [3.8, 4) is 0 Å². The molecule has 0 saturated carbocycles. The Morgan fingerprint density at radius 2 is 2.40 bits per heavy atom. The van der Waals surface area contributed by atoms with Crippen LogP contribution in [0, 0.1) is 0 Å². The van der Waals surface area contributed by atoms with Crippen LogP contribution in [-0.4, -0.2) is 4.98 Å². The minimum Gasteiger partial charge on any atom is -0.398 e. The van der Waals surface area contributed by atoms with E-state index in [-0.39, 0.29) is 0 Å². The Morgan fingerprint density at radius 1 is 1.70 bits per heavy atom. The molecule has 0 aromatic carbocycles. The molecule has 1 rings (SSSR count).